The Kier molecular flexibility index (Phi) is 8.35. The second-order valence-electron chi connectivity index (χ2n) is 15.3. The summed E-state index contributed by atoms with van der Waals surface area (Å²) in [6.07, 6.45) is 0. The number of fused-ring (bicyclic) bond motifs is 6. The molecule has 7 nitrogen and oxygen atoms in total. The van der Waals surface area contributed by atoms with Gasteiger partial charge in [0.1, 0.15) is 11.6 Å². The largest absolute Gasteiger partial charge is 0.294 e. The van der Waals surface area contributed by atoms with Crippen LogP contribution in [0.15, 0.2) is 212 Å². The molecule has 5 aromatic carbocycles. The number of para-hydroxylation sites is 4. The number of aromatic nitrogens is 7. The molecule has 0 bridgehead atoms. The highest BCUT2D eigenvalue weighted by Gasteiger charge is 2.18. The van der Waals surface area contributed by atoms with Crippen molar-refractivity contribution in [1.82, 2.24) is 34.1 Å². The van der Waals surface area contributed by atoms with Gasteiger partial charge >= 0.3 is 0 Å². The number of pyridine rings is 5. The zero-order valence-electron chi connectivity index (χ0n) is 33.3. The van der Waals surface area contributed by atoms with E-state index in [1.54, 1.807) is 0 Å². The SMILES string of the molecule is c1ccc(-c2cccc(-c3cc(-c4cccc(-c5cccc(-n6c7ccccc7c7ccccc76)n5)n4)nc(-c4cccc(-n5c6ccccc6c6ccccc65)n4)c3)n2)cc1. The zero-order valence-corrected chi connectivity index (χ0v) is 33.3. The van der Waals surface area contributed by atoms with Gasteiger partial charge in [0.25, 0.3) is 0 Å². The highest BCUT2D eigenvalue weighted by Crippen LogP contribution is 2.35. The Morgan fingerprint density at radius 3 is 1.03 bits per heavy atom. The molecular formula is C55H35N7. The van der Waals surface area contributed by atoms with Crippen molar-refractivity contribution in [2.75, 3.05) is 0 Å². The second-order valence-corrected chi connectivity index (χ2v) is 15.3. The van der Waals surface area contributed by atoms with E-state index in [1.165, 1.54) is 21.5 Å². The molecule has 0 saturated carbocycles. The van der Waals surface area contributed by atoms with Gasteiger partial charge in [-0.15, -0.1) is 0 Å². The smallest absolute Gasteiger partial charge is 0.138 e. The molecule has 0 atom stereocenters. The summed E-state index contributed by atoms with van der Waals surface area (Å²) in [4.78, 5) is 26.2. The lowest BCUT2D eigenvalue weighted by molar-refractivity contribution is 1.07. The maximum Gasteiger partial charge on any atom is 0.138 e. The molecule has 0 spiro atoms. The van der Waals surface area contributed by atoms with Crippen LogP contribution in [-0.2, 0) is 0 Å². The molecule has 0 fully saturated rings. The predicted octanol–water partition coefficient (Wildman–Crippen LogP) is 13.2. The summed E-state index contributed by atoms with van der Waals surface area (Å²) in [7, 11) is 0. The third kappa shape index (κ3) is 6.02. The average Bonchev–Trinajstić information content (AvgIpc) is 3.87. The van der Waals surface area contributed by atoms with Gasteiger partial charge in [-0.2, -0.15) is 0 Å². The van der Waals surface area contributed by atoms with Gasteiger partial charge in [0.05, 0.1) is 67.6 Å². The summed E-state index contributed by atoms with van der Waals surface area (Å²) >= 11 is 0. The lowest BCUT2D eigenvalue weighted by Crippen LogP contribution is -2.01. The Hall–Kier alpha value is -8.55. The summed E-state index contributed by atoms with van der Waals surface area (Å²) in [5.74, 6) is 1.64. The van der Waals surface area contributed by atoms with Gasteiger partial charge in [0.15, 0.2) is 0 Å². The third-order valence-electron chi connectivity index (χ3n) is 11.6. The van der Waals surface area contributed by atoms with E-state index in [1.807, 2.05) is 66.7 Å². The average molecular weight is 794 g/mol. The monoisotopic (exact) mass is 793 g/mol. The van der Waals surface area contributed by atoms with Gasteiger partial charge in [0.2, 0.25) is 0 Å². The highest BCUT2D eigenvalue weighted by atomic mass is 15.1. The van der Waals surface area contributed by atoms with Crippen LogP contribution in [-0.4, -0.2) is 34.1 Å². The lowest BCUT2D eigenvalue weighted by Gasteiger charge is -2.13. The molecule has 0 saturated heterocycles. The van der Waals surface area contributed by atoms with Gasteiger partial charge in [0, 0.05) is 32.7 Å². The normalized spacial score (nSPS) is 11.5. The first-order chi connectivity index (χ1) is 30.7. The summed E-state index contributed by atoms with van der Waals surface area (Å²) in [5.41, 5.74) is 12.5. The maximum absolute atomic E-state index is 5.31. The van der Waals surface area contributed by atoms with Crippen molar-refractivity contribution in [3.63, 3.8) is 0 Å². The van der Waals surface area contributed by atoms with Gasteiger partial charge in [-0.05, 0) is 84.9 Å². The van der Waals surface area contributed by atoms with Gasteiger partial charge < -0.3 is 0 Å². The molecule has 12 aromatic rings. The highest BCUT2D eigenvalue weighted by molar-refractivity contribution is 6.10. The van der Waals surface area contributed by atoms with E-state index in [0.717, 1.165) is 73.3 Å². The molecule has 12 rings (SSSR count). The fraction of sp³-hybridized carbons (Fsp3) is 0. The molecule has 7 heterocycles. The molecule has 0 radical (unpaired) electrons. The first-order valence-corrected chi connectivity index (χ1v) is 20.7. The Morgan fingerprint density at radius 1 is 0.226 bits per heavy atom. The van der Waals surface area contributed by atoms with Gasteiger partial charge in [-0.1, -0.05) is 127 Å². The standard InChI is InChI=1S/C55H35N7/c1-2-16-36(17-3-1)42-22-12-23-43(56-42)37-34-48(58-49(35-37)47-27-15-33-55(60-47)62-52-30-10-6-20-40(52)41-21-7-11-31-53(41)62)46-25-13-24-44(57-46)45-26-14-32-54(59-45)61-50-28-8-4-18-38(50)39-19-5-9-29-51(39)61/h1-35H. The molecule has 290 valence electrons. The topological polar surface area (TPSA) is 74.3 Å². The minimum absolute atomic E-state index is 0.703. The summed E-state index contributed by atoms with van der Waals surface area (Å²) in [5, 5.41) is 4.75. The number of benzene rings is 5. The summed E-state index contributed by atoms with van der Waals surface area (Å²) in [6.45, 7) is 0. The van der Waals surface area contributed by atoms with Crippen LogP contribution in [0.25, 0.3) is 112 Å². The van der Waals surface area contributed by atoms with Crippen LogP contribution in [0.3, 0.4) is 0 Å². The van der Waals surface area contributed by atoms with Crippen molar-refractivity contribution < 1.29 is 0 Å². The van der Waals surface area contributed by atoms with Crippen molar-refractivity contribution in [3.05, 3.63) is 212 Å². The van der Waals surface area contributed by atoms with Crippen molar-refractivity contribution in [3.8, 4) is 68.3 Å². The van der Waals surface area contributed by atoms with Crippen LogP contribution in [0.5, 0.6) is 0 Å². The minimum Gasteiger partial charge on any atom is -0.294 e. The van der Waals surface area contributed by atoms with E-state index in [4.69, 9.17) is 24.9 Å². The van der Waals surface area contributed by atoms with E-state index < -0.39 is 0 Å². The Labute approximate surface area is 356 Å². The van der Waals surface area contributed by atoms with Crippen molar-refractivity contribution in [2.24, 2.45) is 0 Å². The molecule has 0 aliphatic carbocycles. The molecule has 62 heavy (non-hydrogen) atoms. The molecule has 0 unspecified atom stereocenters. The van der Waals surface area contributed by atoms with Gasteiger partial charge in [-0.3, -0.25) is 9.13 Å². The van der Waals surface area contributed by atoms with Crippen molar-refractivity contribution >= 4 is 43.6 Å². The Balaban J connectivity index is 1.00. The second kappa shape index (κ2) is 14.6. The van der Waals surface area contributed by atoms with Crippen LogP contribution in [0.1, 0.15) is 0 Å². The fourth-order valence-corrected chi connectivity index (χ4v) is 8.75. The number of nitrogens with zero attached hydrogens (tertiary/aromatic N) is 7. The summed E-state index contributed by atoms with van der Waals surface area (Å²) < 4.78 is 4.46. The number of hydrogen-bond donors (Lipinski definition) is 0. The quantitative estimate of drug-likeness (QED) is 0.161. The van der Waals surface area contributed by atoms with E-state index in [0.29, 0.717) is 17.1 Å². The van der Waals surface area contributed by atoms with Crippen LogP contribution in [0, 0.1) is 0 Å². The predicted molar refractivity (Wildman–Crippen MR) is 251 cm³/mol. The molecule has 0 aliphatic heterocycles. The van der Waals surface area contributed by atoms with E-state index in [-0.39, 0.29) is 0 Å². The zero-order chi connectivity index (χ0) is 41.0. The number of rotatable bonds is 7. The van der Waals surface area contributed by atoms with Crippen LogP contribution >= 0.6 is 0 Å². The summed E-state index contributed by atoms with van der Waals surface area (Å²) in [6, 6.07) is 72.8. The Bertz CT molecular complexity index is 3550. The number of hydrogen-bond acceptors (Lipinski definition) is 5. The molecule has 0 amide bonds. The van der Waals surface area contributed by atoms with E-state index >= 15 is 0 Å². The molecule has 0 N–H and O–H groups in total. The van der Waals surface area contributed by atoms with Gasteiger partial charge in [-0.25, -0.2) is 24.9 Å². The van der Waals surface area contributed by atoms with Crippen LogP contribution in [0.4, 0.5) is 0 Å². The minimum atomic E-state index is 0.703. The van der Waals surface area contributed by atoms with Crippen molar-refractivity contribution in [2.45, 2.75) is 0 Å². The fourth-order valence-electron chi connectivity index (χ4n) is 8.75. The third-order valence-corrected chi connectivity index (χ3v) is 11.6. The first-order valence-electron chi connectivity index (χ1n) is 20.7. The van der Waals surface area contributed by atoms with E-state index in [9.17, 15) is 0 Å². The molecule has 0 aliphatic rings. The molecular weight excluding hydrogens is 759 g/mol. The van der Waals surface area contributed by atoms with Crippen LogP contribution < -0.4 is 0 Å². The maximum atomic E-state index is 5.31. The molecule has 7 aromatic heterocycles. The van der Waals surface area contributed by atoms with Crippen LogP contribution in [0.2, 0.25) is 0 Å². The van der Waals surface area contributed by atoms with E-state index in [2.05, 4.69) is 155 Å². The Morgan fingerprint density at radius 2 is 0.548 bits per heavy atom. The van der Waals surface area contributed by atoms with Crippen molar-refractivity contribution in [1.29, 1.82) is 0 Å². The molecule has 7 heteroatoms. The first kappa shape index (κ1) is 35.4. The lowest BCUT2D eigenvalue weighted by atomic mass is 10.0.